The Morgan fingerprint density at radius 1 is 0.682 bits per heavy atom. The molecule has 0 amide bonds. The number of carbonyl (C=O) groups excluding carboxylic acids is 1. The maximum Gasteiger partial charge on any atom is 0.150 e. The number of nitrogens with zero attached hydrogens (tertiary/aromatic N) is 1. The summed E-state index contributed by atoms with van der Waals surface area (Å²) in [6, 6.07) is 25.9. The van der Waals surface area contributed by atoms with Crippen LogP contribution in [0.2, 0.25) is 0 Å². The van der Waals surface area contributed by atoms with Crippen molar-refractivity contribution in [3.8, 4) is 0 Å². The van der Waals surface area contributed by atoms with E-state index in [1.54, 1.807) is 0 Å². The first kappa shape index (κ1) is 14.5. The molecule has 0 aliphatic heterocycles. The van der Waals surface area contributed by atoms with Crippen molar-refractivity contribution in [1.82, 2.24) is 0 Å². The minimum absolute atomic E-state index is 0.674. The van der Waals surface area contributed by atoms with Crippen molar-refractivity contribution in [3.05, 3.63) is 88.9 Å². The SMILES string of the molecule is O=Cc1ccc(N(c2ccccc2)c2ccc(Br)cc2)cc1. The highest BCUT2D eigenvalue weighted by Gasteiger charge is 2.11. The smallest absolute Gasteiger partial charge is 0.150 e. The number of hydrogen-bond acceptors (Lipinski definition) is 2. The van der Waals surface area contributed by atoms with Crippen LogP contribution >= 0.6 is 15.9 Å². The van der Waals surface area contributed by atoms with Crippen molar-refractivity contribution in [2.45, 2.75) is 0 Å². The molecule has 0 bridgehead atoms. The summed E-state index contributed by atoms with van der Waals surface area (Å²) in [5, 5.41) is 0. The number of hydrogen-bond donors (Lipinski definition) is 0. The van der Waals surface area contributed by atoms with Crippen LogP contribution in [0, 0.1) is 0 Å². The lowest BCUT2D eigenvalue weighted by Crippen LogP contribution is -2.09. The van der Waals surface area contributed by atoms with E-state index in [1.807, 2.05) is 54.6 Å². The van der Waals surface area contributed by atoms with Gasteiger partial charge in [-0.15, -0.1) is 0 Å². The highest BCUT2D eigenvalue weighted by Crippen LogP contribution is 2.34. The van der Waals surface area contributed by atoms with E-state index in [9.17, 15) is 4.79 Å². The Bertz CT molecular complexity index is 752. The van der Waals surface area contributed by atoms with E-state index in [4.69, 9.17) is 0 Å². The number of para-hydroxylation sites is 1. The van der Waals surface area contributed by atoms with Crippen molar-refractivity contribution in [2.75, 3.05) is 4.90 Å². The fourth-order valence-corrected chi connectivity index (χ4v) is 2.58. The topological polar surface area (TPSA) is 20.3 Å². The summed E-state index contributed by atoms with van der Waals surface area (Å²) in [6.45, 7) is 0. The molecule has 3 rings (SSSR count). The van der Waals surface area contributed by atoms with Gasteiger partial charge in [0.15, 0.2) is 0 Å². The first-order valence-corrected chi connectivity index (χ1v) is 7.73. The maximum atomic E-state index is 10.8. The summed E-state index contributed by atoms with van der Waals surface area (Å²) in [4.78, 5) is 13.0. The second-order valence-electron chi connectivity index (χ2n) is 4.86. The molecule has 0 saturated carbocycles. The molecule has 3 aromatic carbocycles. The van der Waals surface area contributed by atoms with Gasteiger partial charge in [0.25, 0.3) is 0 Å². The number of anilines is 3. The van der Waals surface area contributed by atoms with Crippen LogP contribution < -0.4 is 4.90 Å². The molecule has 0 fully saturated rings. The zero-order valence-corrected chi connectivity index (χ0v) is 13.4. The molecule has 0 aliphatic rings. The quantitative estimate of drug-likeness (QED) is 0.559. The summed E-state index contributed by atoms with van der Waals surface area (Å²) in [5.41, 5.74) is 3.82. The molecule has 108 valence electrons. The predicted molar refractivity (Wildman–Crippen MR) is 94.2 cm³/mol. The molecule has 0 radical (unpaired) electrons. The van der Waals surface area contributed by atoms with Gasteiger partial charge in [-0.2, -0.15) is 0 Å². The Morgan fingerprint density at radius 3 is 1.73 bits per heavy atom. The number of benzene rings is 3. The Labute approximate surface area is 138 Å². The molecule has 0 unspecified atom stereocenters. The van der Waals surface area contributed by atoms with Crippen LogP contribution in [0.5, 0.6) is 0 Å². The van der Waals surface area contributed by atoms with Crippen LogP contribution in [0.25, 0.3) is 0 Å². The van der Waals surface area contributed by atoms with Crippen molar-refractivity contribution in [2.24, 2.45) is 0 Å². The molecule has 0 spiro atoms. The molecule has 2 nitrogen and oxygen atoms in total. The molecule has 0 heterocycles. The van der Waals surface area contributed by atoms with Gasteiger partial charge in [0.05, 0.1) is 0 Å². The van der Waals surface area contributed by atoms with E-state index in [0.29, 0.717) is 5.56 Å². The normalized spacial score (nSPS) is 10.2. The van der Waals surface area contributed by atoms with Gasteiger partial charge in [0, 0.05) is 27.1 Å². The number of rotatable bonds is 4. The van der Waals surface area contributed by atoms with Crippen molar-refractivity contribution in [3.63, 3.8) is 0 Å². The van der Waals surface area contributed by atoms with Gasteiger partial charge in [-0.05, 0) is 60.7 Å². The second kappa shape index (κ2) is 6.58. The molecule has 0 saturated heterocycles. The highest BCUT2D eigenvalue weighted by molar-refractivity contribution is 9.10. The average molecular weight is 352 g/mol. The van der Waals surface area contributed by atoms with E-state index >= 15 is 0 Å². The van der Waals surface area contributed by atoms with Gasteiger partial charge in [-0.1, -0.05) is 34.1 Å². The molecule has 3 aromatic rings. The van der Waals surface area contributed by atoms with Crippen LogP contribution in [0.4, 0.5) is 17.1 Å². The van der Waals surface area contributed by atoms with E-state index in [1.165, 1.54) is 0 Å². The lowest BCUT2D eigenvalue weighted by molar-refractivity contribution is 0.112. The molecular formula is C19H14BrNO. The molecule has 0 aromatic heterocycles. The van der Waals surface area contributed by atoms with Crippen LogP contribution in [0.3, 0.4) is 0 Å². The third kappa shape index (κ3) is 3.10. The van der Waals surface area contributed by atoms with E-state index in [2.05, 4.69) is 45.1 Å². The fraction of sp³-hybridized carbons (Fsp3) is 0. The third-order valence-electron chi connectivity index (χ3n) is 3.39. The van der Waals surface area contributed by atoms with Gasteiger partial charge in [-0.3, -0.25) is 4.79 Å². The summed E-state index contributed by atoms with van der Waals surface area (Å²) >= 11 is 3.47. The summed E-state index contributed by atoms with van der Waals surface area (Å²) in [6.07, 6.45) is 0.857. The lowest BCUT2D eigenvalue weighted by atomic mass is 10.1. The fourth-order valence-electron chi connectivity index (χ4n) is 2.32. The van der Waals surface area contributed by atoms with E-state index in [-0.39, 0.29) is 0 Å². The van der Waals surface area contributed by atoms with Crippen LogP contribution in [0.15, 0.2) is 83.3 Å². The number of carbonyl (C=O) groups is 1. The van der Waals surface area contributed by atoms with Crippen molar-refractivity contribution < 1.29 is 4.79 Å². The van der Waals surface area contributed by atoms with Crippen molar-refractivity contribution >= 4 is 39.3 Å². The molecular weight excluding hydrogens is 338 g/mol. The van der Waals surface area contributed by atoms with Crippen molar-refractivity contribution in [1.29, 1.82) is 0 Å². The van der Waals surface area contributed by atoms with Crippen LogP contribution in [-0.4, -0.2) is 6.29 Å². The average Bonchev–Trinajstić information content (AvgIpc) is 2.58. The highest BCUT2D eigenvalue weighted by atomic mass is 79.9. The van der Waals surface area contributed by atoms with Gasteiger partial charge < -0.3 is 4.90 Å². The summed E-state index contributed by atoms with van der Waals surface area (Å²) < 4.78 is 1.04. The minimum atomic E-state index is 0.674. The minimum Gasteiger partial charge on any atom is -0.311 e. The zero-order valence-electron chi connectivity index (χ0n) is 11.8. The standard InChI is InChI=1S/C19H14BrNO/c20-16-8-12-19(13-9-16)21(17-4-2-1-3-5-17)18-10-6-15(14-22)7-11-18/h1-14H. The molecule has 0 N–H and O–H groups in total. The third-order valence-corrected chi connectivity index (χ3v) is 3.92. The molecule has 3 heteroatoms. The summed E-state index contributed by atoms with van der Waals surface area (Å²) in [5.74, 6) is 0. The molecule has 0 aliphatic carbocycles. The second-order valence-corrected chi connectivity index (χ2v) is 5.77. The lowest BCUT2D eigenvalue weighted by Gasteiger charge is -2.25. The van der Waals surface area contributed by atoms with Gasteiger partial charge in [0.2, 0.25) is 0 Å². The first-order valence-electron chi connectivity index (χ1n) is 6.94. The first-order chi connectivity index (χ1) is 10.8. The zero-order chi connectivity index (χ0) is 15.4. The molecule has 0 atom stereocenters. The Kier molecular flexibility index (Phi) is 4.35. The van der Waals surface area contributed by atoms with Crippen LogP contribution in [-0.2, 0) is 0 Å². The number of aldehydes is 1. The monoisotopic (exact) mass is 351 g/mol. The Morgan fingerprint density at radius 2 is 1.18 bits per heavy atom. The Balaban J connectivity index is 2.09. The predicted octanol–water partition coefficient (Wildman–Crippen LogP) is 5.73. The summed E-state index contributed by atoms with van der Waals surface area (Å²) in [7, 11) is 0. The van der Waals surface area contributed by atoms with Gasteiger partial charge >= 0.3 is 0 Å². The Hall–Kier alpha value is -2.39. The van der Waals surface area contributed by atoms with Gasteiger partial charge in [0.1, 0.15) is 6.29 Å². The largest absolute Gasteiger partial charge is 0.311 e. The van der Waals surface area contributed by atoms with E-state index < -0.39 is 0 Å². The molecule has 22 heavy (non-hydrogen) atoms. The number of halogens is 1. The van der Waals surface area contributed by atoms with E-state index in [0.717, 1.165) is 27.8 Å². The van der Waals surface area contributed by atoms with Crippen LogP contribution in [0.1, 0.15) is 10.4 Å². The van der Waals surface area contributed by atoms with Gasteiger partial charge in [-0.25, -0.2) is 0 Å². The maximum absolute atomic E-state index is 10.8.